The van der Waals surface area contributed by atoms with Gasteiger partial charge in [0.2, 0.25) is 0 Å². The monoisotopic (exact) mass is 241 g/mol. The zero-order valence-electron chi connectivity index (χ0n) is 10.6. The average molecular weight is 241 g/mol. The molecule has 2 rings (SSSR count). The molecule has 0 saturated heterocycles. The maximum atomic E-state index is 10.2. The van der Waals surface area contributed by atoms with Gasteiger partial charge < -0.3 is 10.4 Å². The second-order valence-electron chi connectivity index (χ2n) is 4.51. The van der Waals surface area contributed by atoms with E-state index in [2.05, 4.69) is 17.4 Å². The van der Waals surface area contributed by atoms with Crippen LogP contribution in [0.2, 0.25) is 0 Å². The van der Waals surface area contributed by atoms with Gasteiger partial charge in [0.05, 0.1) is 6.10 Å². The third kappa shape index (κ3) is 3.42. The zero-order valence-corrected chi connectivity index (χ0v) is 10.6. The predicted molar refractivity (Wildman–Crippen MR) is 74.1 cm³/mol. The lowest BCUT2D eigenvalue weighted by molar-refractivity contribution is 0.135. The van der Waals surface area contributed by atoms with Gasteiger partial charge in [-0.25, -0.2) is 0 Å². The smallest absolute Gasteiger partial charge is 0.0940 e. The molecule has 0 fully saturated rings. The van der Waals surface area contributed by atoms with Crippen LogP contribution in [0.15, 0.2) is 60.7 Å². The maximum Gasteiger partial charge on any atom is 0.0940 e. The van der Waals surface area contributed by atoms with E-state index in [1.54, 1.807) is 0 Å². The summed E-state index contributed by atoms with van der Waals surface area (Å²) in [6, 6.07) is 20.0. The molecule has 0 bridgehead atoms. The van der Waals surface area contributed by atoms with Gasteiger partial charge in [0, 0.05) is 12.6 Å². The van der Waals surface area contributed by atoms with Crippen molar-refractivity contribution in [2.24, 2.45) is 0 Å². The summed E-state index contributed by atoms with van der Waals surface area (Å²) in [5.74, 6) is 0. The van der Waals surface area contributed by atoms with Crippen molar-refractivity contribution in [3.8, 4) is 0 Å². The third-order valence-corrected chi connectivity index (χ3v) is 3.09. The van der Waals surface area contributed by atoms with Gasteiger partial charge >= 0.3 is 0 Å². The first-order valence-corrected chi connectivity index (χ1v) is 6.27. The van der Waals surface area contributed by atoms with E-state index in [4.69, 9.17) is 0 Å². The van der Waals surface area contributed by atoms with Crippen molar-refractivity contribution in [3.05, 3.63) is 71.8 Å². The van der Waals surface area contributed by atoms with Gasteiger partial charge in [-0.3, -0.25) is 0 Å². The number of aliphatic hydroxyl groups excluding tert-OH is 1. The highest BCUT2D eigenvalue weighted by atomic mass is 16.3. The van der Waals surface area contributed by atoms with E-state index < -0.39 is 6.10 Å². The first-order chi connectivity index (χ1) is 8.77. The Hall–Kier alpha value is -1.64. The topological polar surface area (TPSA) is 32.3 Å². The van der Waals surface area contributed by atoms with E-state index in [-0.39, 0.29) is 6.04 Å². The highest BCUT2D eigenvalue weighted by Gasteiger charge is 2.15. The van der Waals surface area contributed by atoms with Crippen molar-refractivity contribution >= 4 is 0 Å². The van der Waals surface area contributed by atoms with Crippen molar-refractivity contribution in [1.82, 2.24) is 5.32 Å². The molecule has 0 radical (unpaired) electrons. The van der Waals surface area contributed by atoms with Crippen molar-refractivity contribution in [2.45, 2.75) is 25.6 Å². The molecule has 0 spiro atoms. The summed E-state index contributed by atoms with van der Waals surface area (Å²) in [6.45, 7) is 2.77. The summed E-state index contributed by atoms with van der Waals surface area (Å²) in [6.07, 6.45) is -0.477. The van der Waals surface area contributed by atoms with Gasteiger partial charge in [0.15, 0.2) is 0 Å². The van der Waals surface area contributed by atoms with Gasteiger partial charge in [-0.2, -0.15) is 0 Å². The van der Waals surface area contributed by atoms with Crippen molar-refractivity contribution in [3.63, 3.8) is 0 Å². The number of aliphatic hydroxyl groups is 1. The van der Waals surface area contributed by atoms with E-state index in [0.717, 1.165) is 12.1 Å². The van der Waals surface area contributed by atoms with Crippen LogP contribution in [-0.4, -0.2) is 11.1 Å². The Kier molecular flexibility index (Phi) is 4.51. The Morgan fingerprint density at radius 3 is 2.11 bits per heavy atom. The summed E-state index contributed by atoms with van der Waals surface area (Å²) in [7, 11) is 0. The van der Waals surface area contributed by atoms with Crippen LogP contribution in [0.25, 0.3) is 0 Å². The average Bonchev–Trinajstić information content (AvgIpc) is 2.46. The Balaban J connectivity index is 1.90. The van der Waals surface area contributed by atoms with Crippen LogP contribution >= 0.6 is 0 Å². The fourth-order valence-corrected chi connectivity index (χ4v) is 1.93. The predicted octanol–water partition coefficient (Wildman–Crippen LogP) is 2.90. The van der Waals surface area contributed by atoms with Crippen LogP contribution in [0, 0.1) is 0 Å². The van der Waals surface area contributed by atoms with Crippen LogP contribution < -0.4 is 5.32 Å². The largest absolute Gasteiger partial charge is 0.387 e. The second kappa shape index (κ2) is 6.34. The fourth-order valence-electron chi connectivity index (χ4n) is 1.93. The summed E-state index contributed by atoms with van der Waals surface area (Å²) >= 11 is 0. The standard InChI is InChI=1S/C16H19NO/c1-13(16(18)15-10-6-3-7-11-15)17-12-14-8-4-2-5-9-14/h2-11,13,16-18H,12H2,1H3/t13?,16-/m1/s1. The molecular weight excluding hydrogens is 222 g/mol. The molecule has 2 nitrogen and oxygen atoms in total. The molecule has 0 amide bonds. The second-order valence-corrected chi connectivity index (χ2v) is 4.51. The Morgan fingerprint density at radius 2 is 1.50 bits per heavy atom. The quantitative estimate of drug-likeness (QED) is 0.843. The molecule has 0 aliphatic heterocycles. The minimum atomic E-state index is -0.477. The number of benzene rings is 2. The summed E-state index contributed by atoms with van der Waals surface area (Å²) in [5.41, 5.74) is 2.18. The molecule has 18 heavy (non-hydrogen) atoms. The van der Waals surface area contributed by atoms with Gasteiger partial charge in [-0.1, -0.05) is 60.7 Å². The lowest BCUT2D eigenvalue weighted by atomic mass is 10.0. The molecule has 94 valence electrons. The molecule has 1 unspecified atom stereocenters. The summed E-state index contributed by atoms with van der Waals surface area (Å²) in [4.78, 5) is 0. The van der Waals surface area contributed by atoms with Gasteiger partial charge in [-0.05, 0) is 18.1 Å². The lowest BCUT2D eigenvalue weighted by Gasteiger charge is -2.20. The minimum Gasteiger partial charge on any atom is -0.387 e. The SMILES string of the molecule is CC(NCc1ccccc1)[C@@H](O)c1ccccc1. The number of nitrogens with one attached hydrogen (secondary N) is 1. The summed E-state index contributed by atoms with van der Waals surface area (Å²) in [5, 5.41) is 13.6. The molecule has 0 aromatic heterocycles. The highest BCUT2D eigenvalue weighted by molar-refractivity contribution is 5.19. The highest BCUT2D eigenvalue weighted by Crippen LogP contribution is 2.16. The number of rotatable bonds is 5. The molecule has 0 aliphatic carbocycles. The lowest BCUT2D eigenvalue weighted by Crippen LogP contribution is -2.31. The normalized spacial score (nSPS) is 14.1. The van der Waals surface area contributed by atoms with E-state index in [1.165, 1.54) is 5.56 Å². The van der Waals surface area contributed by atoms with Gasteiger partial charge in [0.25, 0.3) is 0 Å². The maximum absolute atomic E-state index is 10.2. The van der Waals surface area contributed by atoms with Crippen LogP contribution in [0.1, 0.15) is 24.2 Å². The Morgan fingerprint density at radius 1 is 0.944 bits per heavy atom. The number of hydrogen-bond donors (Lipinski definition) is 2. The van der Waals surface area contributed by atoms with Crippen molar-refractivity contribution in [2.75, 3.05) is 0 Å². The molecule has 2 aromatic rings. The minimum absolute atomic E-state index is 0.0209. The fraction of sp³-hybridized carbons (Fsp3) is 0.250. The Bertz CT molecular complexity index is 455. The summed E-state index contributed by atoms with van der Waals surface area (Å²) < 4.78 is 0. The van der Waals surface area contributed by atoms with Gasteiger partial charge in [0.1, 0.15) is 0 Å². The first-order valence-electron chi connectivity index (χ1n) is 6.27. The molecule has 2 heteroatoms. The van der Waals surface area contributed by atoms with Crippen LogP contribution in [0.5, 0.6) is 0 Å². The van der Waals surface area contributed by atoms with Crippen LogP contribution in [0.3, 0.4) is 0 Å². The molecule has 2 aromatic carbocycles. The molecule has 0 aliphatic rings. The third-order valence-electron chi connectivity index (χ3n) is 3.09. The molecule has 0 heterocycles. The van der Waals surface area contributed by atoms with E-state index in [9.17, 15) is 5.11 Å². The molecular formula is C16H19NO. The van der Waals surface area contributed by atoms with E-state index in [0.29, 0.717) is 0 Å². The number of hydrogen-bond acceptors (Lipinski definition) is 2. The van der Waals surface area contributed by atoms with Crippen LogP contribution in [-0.2, 0) is 6.54 Å². The van der Waals surface area contributed by atoms with E-state index in [1.807, 2.05) is 55.5 Å². The molecule has 0 saturated carbocycles. The van der Waals surface area contributed by atoms with E-state index >= 15 is 0 Å². The van der Waals surface area contributed by atoms with Crippen molar-refractivity contribution < 1.29 is 5.11 Å². The zero-order chi connectivity index (χ0) is 12.8. The molecule has 2 atom stereocenters. The molecule has 2 N–H and O–H groups in total. The first kappa shape index (κ1) is 12.8. The van der Waals surface area contributed by atoms with Crippen LogP contribution in [0.4, 0.5) is 0 Å². The van der Waals surface area contributed by atoms with Gasteiger partial charge in [-0.15, -0.1) is 0 Å². The van der Waals surface area contributed by atoms with Crippen molar-refractivity contribution in [1.29, 1.82) is 0 Å². The Labute approximate surface area is 108 Å².